The van der Waals surface area contributed by atoms with E-state index in [1.807, 2.05) is 12.1 Å². The number of carbonyl (C=O) groups is 1. The minimum Gasteiger partial charge on any atom is -0.297 e. The highest BCUT2D eigenvalue weighted by Gasteiger charge is 2.03. The highest BCUT2D eigenvalue weighted by atomic mass is 16.1. The quantitative estimate of drug-likeness (QED) is 0.593. The molecule has 0 saturated carbocycles. The molecule has 0 aliphatic heterocycles. The van der Waals surface area contributed by atoms with E-state index >= 15 is 0 Å². The molecule has 0 amide bonds. The lowest BCUT2D eigenvalue weighted by atomic mass is 10.3. The second kappa shape index (κ2) is 2.44. The van der Waals surface area contributed by atoms with Crippen LogP contribution in [-0.4, -0.2) is 15.2 Å². The second-order valence-electron chi connectivity index (χ2n) is 2.62. The lowest BCUT2D eigenvalue weighted by molar-refractivity contribution is 0.101. The van der Waals surface area contributed by atoms with E-state index < -0.39 is 0 Å². The van der Waals surface area contributed by atoms with E-state index in [-0.39, 0.29) is 5.78 Å². The summed E-state index contributed by atoms with van der Waals surface area (Å²) in [7, 11) is 0. The summed E-state index contributed by atoms with van der Waals surface area (Å²) in [5.74, 6) is 0.0543. The third-order valence-corrected chi connectivity index (χ3v) is 1.79. The van der Waals surface area contributed by atoms with E-state index in [0.29, 0.717) is 5.69 Å². The first-order valence-electron chi connectivity index (χ1n) is 3.72. The number of hydrogen-bond donors (Lipinski definition) is 0. The largest absolute Gasteiger partial charge is 0.297 e. The van der Waals surface area contributed by atoms with E-state index in [1.54, 1.807) is 29.8 Å². The Labute approximate surface area is 69.7 Å². The number of aromatic nitrogens is 2. The maximum Gasteiger partial charge on any atom is 0.176 e. The molecule has 0 aromatic carbocycles. The van der Waals surface area contributed by atoms with Gasteiger partial charge >= 0.3 is 0 Å². The van der Waals surface area contributed by atoms with Gasteiger partial charge in [-0.05, 0) is 12.1 Å². The molecule has 0 saturated heterocycles. The van der Waals surface area contributed by atoms with Gasteiger partial charge in [0.2, 0.25) is 0 Å². The van der Waals surface area contributed by atoms with E-state index in [2.05, 4.69) is 4.98 Å². The number of Topliss-reactive ketones (excluding diaryl/α,β-unsaturated/α-hetero) is 1. The SMILES string of the molecule is CC(=O)c1cccc2nccn12. The van der Waals surface area contributed by atoms with Gasteiger partial charge in [0, 0.05) is 19.3 Å². The molecule has 0 N–H and O–H groups in total. The molecule has 2 heterocycles. The molecule has 0 aliphatic carbocycles. The maximum atomic E-state index is 11.1. The van der Waals surface area contributed by atoms with Gasteiger partial charge in [0.15, 0.2) is 5.78 Å². The normalized spacial score (nSPS) is 10.4. The van der Waals surface area contributed by atoms with Gasteiger partial charge in [0.25, 0.3) is 0 Å². The van der Waals surface area contributed by atoms with Gasteiger partial charge in [-0.3, -0.25) is 9.20 Å². The molecule has 0 aliphatic rings. The predicted octanol–water partition coefficient (Wildman–Crippen LogP) is 1.54. The molecule has 2 aromatic rings. The molecule has 3 nitrogen and oxygen atoms in total. The average Bonchev–Trinajstić information content (AvgIpc) is 2.49. The van der Waals surface area contributed by atoms with Crippen molar-refractivity contribution >= 4 is 11.4 Å². The molecule has 0 unspecified atom stereocenters. The van der Waals surface area contributed by atoms with Crippen LogP contribution < -0.4 is 0 Å². The topological polar surface area (TPSA) is 34.4 Å². The van der Waals surface area contributed by atoms with Crippen molar-refractivity contribution in [3.63, 3.8) is 0 Å². The number of pyridine rings is 1. The molecule has 0 fully saturated rings. The Morgan fingerprint density at radius 2 is 2.33 bits per heavy atom. The summed E-state index contributed by atoms with van der Waals surface area (Å²) < 4.78 is 1.78. The molecule has 2 rings (SSSR count). The second-order valence-corrected chi connectivity index (χ2v) is 2.62. The molecule has 0 spiro atoms. The van der Waals surface area contributed by atoms with Crippen LogP contribution in [0.15, 0.2) is 30.6 Å². The van der Waals surface area contributed by atoms with Gasteiger partial charge < -0.3 is 0 Å². The molecule has 0 radical (unpaired) electrons. The number of carbonyl (C=O) groups excluding carboxylic acids is 1. The summed E-state index contributed by atoms with van der Waals surface area (Å²) in [6, 6.07) is 5.49. The van der Waals surface area contributed by atoms with Crippen LogP contribution in [0.25, 0.3) is 5.65 Å². The fraction of sp³-hybridized carbons (Fsp3) is 0.111. The van der Waals surface area contributed by atoms with Gasteiger partial charge in [0.05, 0.1) is 5.69 Å². The van der Waals surface area contributed by atoms with Crippen LogP contribution in [0.5, 0.6) is 0 Å². The van der Waals surface area contributed by atoms with E-state index in [1.165, 1.54) is 0 Å². The van der Waals surface area contributed by atoms with Crippen LogP contribution in [-0.2, 0) is 0 Å². The first kappa shape index (κ1) is 7.03. The standard InChI is InChI=1S/C9H8N2O/c1-7(12)8-3-2-4-9-10-5-6-11(8)9/h2-6H,1H3. The van der Waals surface area contributed by atoms with E-state index in [4.69, 9.17) is 0 Å². The van der Waals surface area contributed by atoms with Gasteiger partial charge in [-0.25, -0.2) is 4.98 Å². The van der Waals surface area contributed by atoms with Crippen LogP contribution in [0.4, 0.5) is 0 Å². The third kappa shape index (κ3) is 0.906. The number of imidazole rings is 1. The van der Waals surface area contributed by atoms with Crippen molar-refractivity contribution in [2.45, 2.75) is 6.92 Å². The van der Waals surface area contributed by atoms with Crippen molar-refractivity contribution in [2.75, 3.05) is 0 Å². The monoisotopic (exact) mass is 160 g/mol. The van der Waals surface area contributed by atoms with Crippen molar-refractivity contribution in [3.8, 4) is 0 Å². The Bertz CT molecular complexity index is 431. The lowest BCUT2D eigenvalue weighted by Gasteiger charge is -1.99. The minimum atomic E-state index is 0.0543. The molecule has 2 aromatic heterocycles. The van der Waals surface area contributed by atoms with E-state index in [0.717, 1.165) is 5.65 Å². The van der Waals surface area contributed by atoms with Crippen LogP contribution in [0.1, 0.15) is 17.4 Å². The highest BCUT2D eigenvalue weighted by Crippen LogP contribution is 2.05. The Balaban J connectivity index is 2.82. The van der Waals surface area contributed by atoms with Crippen molar-refractivity contribution in [1.82, 2.24) is 9.38 Å². The van der Waals surface area contributed by atoms with Gasteiger partial charge in [0.1, 0.15) is 5.65 Å². The summed E-state index contributed by atoms with van der Waals surface area (Å²) >= 11 is 0. The summed E-state index contributed by atoms with van der Waals surface area (Å²) in [6.07, 6.45) is 3.47. The van der Waals surface area contributed by atoms with Crippen molar-refractivity contribution in [2.24, 2.45) is 0 Å². The van der Waals surface area contributed by atoms with Crippen LogP contribution in [0, 0.1) is 0 Å². The summed E-state index contributed by atoms with van der Waals surface area (Å²) in [4.78, 5) is 15.2. The van der Waals surface area contributed by atoms with Crippen LogP contribution in [0.3, 0.4) is 0 Å². The number of nitrogens with zero attached hydrogens (tertiary/aromatic N) is 2. The fourth-order valence-corrected chi connectivity index (χ4v) is 1.23. The molecule has 60 valence electrons. The van der Waals surface area contributed by atoms with Gasteiger partial charge in [-0.15, -0.1) is 0 Å². The summed E-state index contributed by atoms with van der Waals surface area (Å²) in [6.45, 7) is 1.55. The van der Waals surface area contributed by atoms with Gasteiger partial charge in [-0.2, -0.15) is 0 Å². The van der Waals surface area contributed by atoms with Crippen molar-refractivity contribution in [1.29, 1.82) is 0 Å². The lowest BCUT2D eigenvalue weighted by Crippen LogP contribution is -2.00. The van der Waals surface area contributed by atoms with E-state index in [9.17, 15) is 4.79 Å². The smallest absolute Gasteiger partial charge is 0.176 e. The zero-order valence-corrected chi connectivity index (χ0v) is 6.69. The highest BCUT2D eigenvalue weighted by molar-refractivity contribution is 5.93. The van der Waals surface area contributed by atoms with Crippen LogP contribution >= 0.6 is 0 Å². The van der Waals surface area contributed by atoms with Gasteiger partial charge in [-0.1, -0.05) is 6.07 Å². The molecule has 12 heavy (non-hydrogen) atoms. The van der Waals surface area contributed by atoms with Crippen molar-refractivity contribution < 1.29 is 4.79 Å². The maximum absolute atomic E-state index is 11.1. The first-order valence-corrected chi connectivity index (χ1v) is 3.72. The number of rotatable bonds is 1. The zero-order valence-electron chi connectivity index (χ0n) is 6.69. The Hall–Kier alpha value is -1.64. The first-order chi connectivity index (χ1) is 5.79. The Morgan fingerprint density at radius 1 is 1.50 bits per heavy atom. The Morgan fingerprint density at radius 3 is 3.08 bits per heavy atom. The molecule has 0 atom stereocenters. The fourth-order valence-electron chi connectivity index (χ4n) is 1.23. The number of fused-ring (bicyclic) bond motifs is 1. The molecule has 0 bridgehead atoms. The third-order valence-electron chi connectivity index (χ3n) is 1.79. The summed E-state index contributed by atoms with van der Waals surface area (Å²) in [5, 5.41) is 0. The Kier molecular flexibility index (Phi) is 1.43. The van der Waals surface area contributed by atoms with Crippen LogP contribution in [0.2, 0.25) is 0 Å². The molecular formula is C9H8N2O. The zero-order chi connectivity index (χ0) is 8.55. The average molecular weight is 160 g/mol. The summed E-state index contributed by atoms with van der Waals surface area (Å²) in [5.41, 5.74) is 1.48. The number of ketones is 1. The minimum absolute atomic E-state index is 0.0543. The molecular weight excluding hydrogens is 152 g/mol. The number of hydrogen-bond acceptors (Lipinski definition) is 2. The molecule has 3 heteroatoms. The van der Waals surface area contributed by atoms with Crippen molar-refractivity contribution in [3.05, 3.63) is 36.3 Å². The predicted molar refractivity (Wildman–Crippen MR) is 45.2 cm³/mol.